The van der Waals surface area contributed by atoms with Crippen LogP contribution in [0.2, 0.25) is 0 Å². The Kier molecular flexibility index (Phi) is 4.20. The number of ether oxygens (including phenoxy) is 2. The maximum atomic E-state index is 6.01. The van der Waals surface area contributed by atoms with E-state index >= 15 is 0 Å². The van der Waals surface area contributed by atoms with Gasteiger partial charge in [-0.3, -0.25) is 0 Å². The molecule has 0 saturated carbocycles. The molecule has 22 heavy (non-hydrogen) atoms. The van der Waals surface area contributed by atoms with Crippen LogP contribution in [-0.2, 0) is 6.42 Å². The van der Waals surface area contributed by atoms with E-state index in [2.05, 4.69) is 55.4 Å². The van der Waals surface area contributed by atoms with E-state index < -0.39 is 0 Å². The van der Waals surface area contributed by atoms with Crippen LogP contribution in [0.5, 0.6) is 11.5 Å². The SMILES string of the molecule is CN(C)c1cccc(CC(CN)c2ccc3c(c2)OCO3)c1. The van der Waals surface area contributed by atoms with Gasteiger partial charge in [-0.15, -0.1) is 0 Å². The molecule has 0 bridgehead atoms. The molecule has 116 valence electrons. The Morgan fingerprint density at radius 2 is 1.91 bits per heavy atom. The van der Waals surface area contributed by atoms with Crippen molar-refractivity contribution in [2.75, 3.05) is 32.3 Å². The van der Waals surface area contributed by atoms with Crippen LogP contribution in [0.15, 0.2) is 42.5 Å². The van der Waals surface area contributed by atoms with E-state index in [1.165, 1.54) is 16.8 Å². The molecule has 1 heterocycles. The largest absolute Gasteiger partial charge is 0.454 e. The van der Waals surface area contributed by atoms with Crippen molar-refractivity contribution in [3.8, 4) is 11.5 Å². The third kappa shape index (κ3) is 3.02. The predicted molar refractivity (Wildman–Crippen MR) is 88.8 cm³/mol. The summed E-state index contributed by atoms with van der Waals surface area (Å²) < 4.78 is 10.8. The van der Waals surface area contributed by atoms with Crippen molar-refractivity contribution in [2.45, 2.75) is 12.3 Å². The van der Waals surface area contributed by atoms with Gasteiger partial charge in [-0.05, 0) is 48.4 Å². The van der Waals surface area contributed by atoms with E-state index in [1.807, 2.05) is 6.07 Å². The summed E-state index contributed by atoms with van der Waals surface area (Å²) in [5, 5.41) is 0. The molecule has 3 rings (SSSR count). The second-order valence-corrected chi connectivity index (χ2v) is 5.81. The monoisotopic (exact) mass is 298 g/mol. The number of nitrogens with two attached hydrogens (primary N) is 1. The van der Waals surface area contributed by atoms with Crippen LogP contribution >= 0.6 is 0 Å². The van der Waals surface area contributed by atoms with Crippen molar-refractivity contribution in [3.63, 3.8) is 0 Å². The summed E-state index contributed by atoms with van der Waals surface area (Å²) in [7, 11) is 4.11. The van der Waals surface area contributed by atoms with Crippen molar-refractivity contribution >= 4 is 5.69 Å². The highest BCUT2D eigenvalue weighted by Gasteiger charge is 2.17. The first-order valence-electron chi connectivity index (χ1n) is 7.53. The number of nitrogens with zero attached hydrogens (tertiary/aromatic N) is 1. The summed E-state index contributed by atoms with van der Waals surface area (Å²) in [6, 6.07) is 14.7. The number of benzene rings is 2. The zero-order valence-electron chi connectivity index (χ0n) is 13.1. The molecular formula is C18H22N2O2. The third-order valence-electron chi connectivity index (χ3n) is 4.06. The Hall–Kier alpha value is -2.20. The Morgan fingerprint density at radius 3 is 2.68 bits per heavy atom. The summed E-state index contributed by atoms with van der Waals surface area (Å²) >= 11 is 0. The summed E-state index contributed by atoms with van der Waals surface area (Å²) in [5.74, 6) is 1.90. The lowest BCUT2D eigenvalue weighted by molar-refractivity contribution is 0.174. The van der Waals surface area contributed by atoms with Crippen LogP contribution in [0.25, 0.3) is 0 Å². The fraction of sp³-hybridized carbons (Fsp3) is 0.333. The quantitative estimate of drug-likeness (QED) is 0.922. The minimum atomic E-state index is 0.270. The number of rotatable bonds is 5. The number of anilines is 1. The average Bonchev–Trinajstić information content (AvgIpc) is 3.00. The van der Waals surface area contributed by atoms with Gasteiger partial charge in [0.2, 0.25) is 6.79 Å². The Bertz CT molecular complexity index is 655. The summed E-state index contributed by atoms with van der Waals surface area (Å²) in [5.41, 5.74) is 9.71. The Balaban J connectivity index is 1.81. The molecule has 0 spiro atoms. The topological polar surface area (TPSA) is 47.7 Å². The molecule has 0 aliphatic carbocycles. The van der Waals surface area contributed by atoms with E-state index in [4.69, 9.17) is 15.2 Å². The molecule has 1 atom stereocenters. The van der Waals surface area contributed by atoms with Gasteiger partial charge in [0.05, 0.1) is 0 Å². The van der Waals surface area contributed by atoms with Gasteiger partial charge >= 0.3 is 0 Å². The van der Waals surface area contributed by atoms with Gasteiger partial charge < -0.3 is 20.1 Å². The fourth-order valence-electron chi connectivity index (χ4n) is 2.75. The highest BCUT2D eigenvalue weighted by atomic mass is 16.7. The van der Waals surface area contributed by atoms with Gasteiger partial charge in [0, 0.05) is 25.7 Å². The van der Waals surface area contributed by atoms with E-state index in [0.29, 0.717) is 13.3 Å². The molecule has 4 nitrogen and oxygen atoms in total. The normalized spacial score (nSPS) is 14.0. The molecule has 0 fully saturated rings. The molecule has 1 aliphatic rings. The maximum absolute atomic E-state index is 6.01. The van der Waals surface area contributed by atoms with Crippen molar-refractivity contribution in [1.29, 1.82) is 0 Å². The minimum Gasteiger partial charge on any atom is -0.454 e. The fourth-order valence-corrected chi connectivity index (χ4v) is 2.75. The molecule has 1 unspecified atom stereocenters. The average molecular weight is 298 g/mol. The van der Waals surface area contributed by atoms with E-state index in [1.54, 1.807) is 0 Å². The van der Waals surface area contributed by atoms with Crippen LogP contribution < -0.4 is 20.1 Å². The van der Waals surface area contributed by atoms with Crippen LogP contribution in [-0.4, -0.2) is 27.4 Å². The van der Waals surface area contributed by atoms with Gasteiger partial charge in [-0.25, -0.2) is 0 Å². The summed E-state index contributed by atoms with van der Waals surface area (Å²) in [6.07, 6.45) is 0.915. The lowest BCUT2D eigenvalue weighted by Crippen LogP contribution is -2.15. The first-order valence-corrected chi connectivity index (χ1v) is 7.53. The Morgan fingerprint density at radius 1 is 1.09 bits per heavy atom. The molecule has 2 aromatic carbocycles. The number of fused-ring (bicyclic) bond motifs is 1. The molecule has 0 saturated heterocycles. The van der Waals surface area contributed by atoms with Crippen molar-refractivity contribution < 1.29 is 9.47 Å². The van der Waals surface area contributed by atoms with E-state index in [-0.39, 0.29) is 5.92 Å². The Labute approximate surface area is 131 Å². The maximum Gasteiger partial charge on any atom is 0.231 e. The molecule has 1 aliphatic heterocycles. The highest BCUT2D eigenvalue weighted by molar-refractivity contribution is 5.48. The molecule has 4 heteroatoms. The standard InChI is InChI=1S/C18H22N2O2/c1-20(2)16-5-3-4-13(9-16)8-15(11-19)14-6-7-17-18(10-14)22-12-21-17/h3-7,9-10,15H,8,11-12,19H2,1-2H3. The first kappa shape index (κ1) is 14.7. The number of hydrogen-bond acceptors (Lipinski definition) is 4. The van der Waals surface area contributed by atoms with Crippen LogP contribution in [0, 0.1) is 0 Å². The van der Waals surface area contributed by atoms with Gasteiger partial charge in [-0.2, -0.15) is 0 Å². The molecule has 0 aromatic heterocycles. The summed E-state index contributed by atoms with van der Waals surface area (Å²) in [4.78, 5) is 2.11. The highest BCUT2D eigenvalue weighted by Crippen LogP contribution is 2.35. The zero-order chi connectivity index (χ0) is 15.5. The summed E-state index contributed by atoms with van der Waals surface area (Å²) in [6.45, 7) is 0.906. The lowest BCUT2D eigenvalue weighted by atomic mass is 9.91. The van der Waals surface area contributed by atoms with Crippen molar-refractivity contribution in [1.82, 2.24) is 0 Å². The lowest BCUT2D eigenvalue weighted by Gasteiger charge is -2.18. The predicted octanol–water partition coefficient (Wildman–Crippen LogP) is 2.77. The van der Waals surface area contributed by atoms with Crippen LogP contribution in [0.4, 0.5) is 5.69 Å². The molecule has 0 radical (unpaired) electrons. The first-order chi connectivity index (χ1) is 10.7. The van der Waals surface area contributed by atoms with Crippen LogP contribution in [0.3, 0.4) is 0 Å². The molecule has 2 aromatic rings. The van der Waals surface area contributed by atoms with Gasteiger partial charge in [0.25, 0.3) is 0 Å². The van der Waals surface area contributed by atoms with E-state index in [9.17, 15) is 0 Å². The molecule has 2 N–H and O–H groups in total. The van der Waals surface area contributed by atoms with Gasteiger partial charge in [-0.1, -0.05) is 18.2 Å². The van der Waals surface area contributed by atoms with Crippen molar-refractivity contribution in [2.24, 2.45) is 5.73 Å². The molecular weight excluding hydrogens is 276 g/mol. The number of hydrogen-bond donors (Lipinski definition) is 1. The zero-order valence-corrected chi connectivity index (χ0v) is 13.1. The molecule has 0 amide bonds. The second-order valence-electron chi connectivity index (χ2n) is 5.81. The minimum absolute atomic E-state index is 0.270. The second kappa shape index (κ2) is 6.28. The smallest absolute Gasteiger partial charge is 0.231 e. The van der Waals surface area contributed by atoms with Gasteiger partial charge in [0.15, 0.2) is 11.5 Å². The van der Waals surface area contributed by atoms with Gasteiger partial charge in [0.1, 0.15) is 0 Å². The third-order valence-corrected chi connectivity index (χ3v) is 4.06. The van der Waals surface area contributed by atoms with Crippen LogP contribution in [0.1, 0.15) is 17.0 Å². The van der Waals surface area contributed by atoms with Crippen molar-refractivity contribution in [3.05, 3.63) is 53.6 Å². The van der Waals surface area contributed by atoms with E-state index in [0.717, 1.165) is 17.9 Å².